The minimum Gasteiger partial charge on any atom is -0.472 e. The van der Waals surface area contributed by atoms with Gasteiger partial charge < -0.3 is 15.1 Å². The maximum Gasteiger partial charge on any atom is 0.255 e. The first kappa shape index (κ1) is 15.2. The Hall–Kier alpha value is -2.21. The SMILES string of the molecule is CSc1ccc(NC(=O)[C@@H](C)NC(=O)c2ccoc2)cc1. The van der Waals surface area contributed by atoms with Crippen molar-refractivity contribution in [2.24, 2.45) is 0 Å². The number of nitrogens with one attached hydrogen (secondary N) is 2. The number of hydrogen-bond donors (Lipinski definition) is 2. The van der Waals surface area contributed by atoms with E-state index in [-0.39, 0.29) is 11.8 Å². The van der Waals surface area contributed by atoms with Gasteiger partial charge in [-0.25, -0.2) is 0 Å². The molecule has 110 valence electrons. The van der Waals surface area contributed by atoms with Crippen LogP contribution in [0.25, 0.3) is 0 Å². The van der Waals surface area contributed by atoms with Crippen LogP contribution in [0.15, 0.2) is 52.2 Å². The summed E-state index contributed by atoms with van der Waals surface area (Å²) in [6.45, 7) is 1.63. The lowest BCUT2D eigenvalue weighted by Gasteiger charge is -2.13. The van der Waals surface area contributed by atoms with Crippen molar-refractivity contribution >= 4 is 29.3 Å². The number of carbonyl (C=O) groups excluding carboxylic acids is 2. The van der Waals surface area contributed by atoms with E-state index >= 15 is 0 Å². The van der Waals surface area contributed by atoms with Crippen LogP contribution in [0.2, 0.25) is 0 Å². The molecule has 0 aliphatic heterocycles. The lowest BCUT2D eigenvalue weighted by Crippen LogP contribution is -2.41. The Morgan fingerprint density at radius 1 is 1.19 bits per heavy atom. The van der Waals surface area contributed by atoms with Gasteiger partial charge in [0.15, 0.2) is 0 Å². The molecule has 0 aliphatic carbocycles. The van der Waals surface area contributed by atoms with Crippen molar-refractivity contribution in [3.63, 3.8) is 0 Å². The molecule has 1 aromatic carbocycles. The molecule has 0 saturated heterocycles. The highest BCUT2D eigenvalue weighted by molar-refractivity contribution is 7.98. The van der Waals surface area contributed by atoms with Crippen LogP contribution < -0.4 is 10.6 Å². The maximum absolute atomic E-state index is 12.0. The normalized spacial score (nSPS) is 11.7. The Labute approximate surface area is 127 Å². The van der Waals surface area contributed by atoms with Crippen molar-refractivity contribution in [1.29, 1.82) is 0 Å². The van der Waals surface area contributed by atoms with Gasteiger partial charge in [-0.05, 0) is 43.5 Å². The molecule has 1 atom stereocenters. The molecule has 0 unspecified atom stereocenters. The van der Waals surface area contributed by atoms with Crippen LogP contribution in [0.4, 0.5) is 5.69 Å². The van der Waals surface area contributed by atoms with Gasteiger partial charge in [-0.15, -0.1) is 11.8 Å². The number of hydrogen-bond acceptors (Lipinski definition) is 4. The average molecular weight is 304 g/mol. The number of rotatable bonds is 5. The number of anilines is 1. The second-order valence-corrected chi connectivity index (χ2v) is 5.30. The molecule has 0 bridgehead atoms. The molecule has 2 rings (SSSR count). The second-order valence-electron chi connectivity index (χ2n) is 4.42. The highest BCUT2D eigenvalue weighted by Crippen LogP contribution is 2.17. The highest BCUT2D eigenvalue weighted by atomic mass is 32.2. The van der Waals surface area contributed by atoms with Crippen LogP contribution in [-0.2, 0) is 4.79 Å². The average Bonchev–Trinajstić information content (AvgIpc) is 3.02. The van der Waals surface area contributed by atoms with E-state index in [1.54, 1.807) is 24.8 Å². The predicted octanol–water partition coefficient (Wildman–Crippen LogP) is 2.76. The minimum absolute atomic E-state index is 0.274. The van der Waals surface area contributed by atoms with Gasteiger partial charge in [0.05, 0.1) is 11.8 Å². The maximum atomic E-state index is 12.0. The highest BCUT2D eigenvalue weighted by Gasteiger charge is 2.17. The van der Waals surface area contributed by atoms with Gasteiger partial charge in [-0.3, -0.25) is 9.59 Å². The van der Waals surface area contributed by atoms with E-state index in [1.165, 1.54) is 12.5 Å². The molecular weight excluding hydrogens is 288 g/mol. The third kappa shape index (κ3) is 4.13. The first-order valence-corrected chi connectivity index (χ1v) is 7.60. The molecule has 0 radical (unpaired) electrons. The van der Waals surface area contributed by atoms with Gasteiger partial charge in [0.2, 0.25) is 5.91 Å². The fourth-order valence-electron chi connectivity index (χ4n) is 1.66. The molecule has 2 aromatic rings. The first-order chi connectivity index (χ1) is 10.1. The van der Waals surface area contributed by atoms with Crippen LogP contribution >= 0.6 is 11.8 Å². The van der Waals surface area contributed by atoms with E-state index in [0.29, 0.717) is 11.3 Å². The molecule has 0 saturated carbocycles. The Balaban J connectivity index is 1.91. The molecule has 0 fully saturated rings. The predicted molar refractivity (Wildman–Crippen MR) is 82.5 cm³/mol. The quantitative estimate of drug-likeness (QED) is 0.833. The van der Waals surface area contributed by atoms with E-state index in [9.17, 15) is 9.59 Å². The van der Waals surface area contributed by atoms with Crippen molar-refractivity contribution < 1.29 is 14.0 Å². The van der Waals surface area contributed by atoms with Gasteiger partial charge in [0, 0.05) is 10.6 Å². The summed E-state index contributed by atoms with van der Waals surface area (Å²) in [7, 11) is 0. The minimum atomic E-state index is -0.646. The number of furan rings is 1. The first-order valence-electron chi connectivity index (χ1n) is 6.38. The summed E-state index contributed by atoms with van der Waals surface area (Å²) in [6, 6.07) is 8.40. The molecule has 21 heavy (non-hydrogen) atoms. The molecule has 0 spiro atoms. The van der Waals surface area contributed by atoms with Crippen molar-refractivity contribution in [3.8, 4) is 0 Å². The number of thioether (sulfide) groups is 1. The zero-order valence-corrected chi connectivity index (χ0v) is 12.6. The fourth-order valence-corrected chi connectivity index (χ4v) is 2.07. The summed E-state index contributed by atoms with van der Waals surface area (Å²) in [6.07, 6.45) is 4.73. The van der Waals surface area contributed by atoms with Crippen LogP contribution in [-0.4, -0.2) is 24.1 Å². The van der Waals surface area contributed by atoms with E-state index in [1.807, 2.05) is 30.5 Å². The topological polar surface area (TPSA) is 71.3 Å². The summed E-state index contributed by atoms with van der Waals surface area (Å²) < 4.78 is 4.83. The molecular formula is C15H16N2O3S. The fraction of sp³-hybridized carbons (Fsp3) is 0.200. The van der Waals surface area contributed by atoms with E-state index in [0.717, 1.165) is 4.90 Å². The van der Waals surface area contributed by atoms with Gasteiger partial charge in [-0.1, -0.05) is 0 Å². The zero-order chi connectivity index (χ0) is 15.2. The van der Waals surface area contributed by atoms with E-state index < -0.39 is 6.04 Å². The molecule has 6 heteroatoms. The van der Waals surface area contributed by atoms with Gasteiger partial charge in [0.1, 0.15) is 12.3 Å². The Bertz CT molecular complexity index is 608. The zero-order valence-electron chi connectivity index (χ0n) is 11.8. The third-order valence-corrected chi connectivity index (χ3v) is 3.63. The number of benzene rings is 1. The van der Waals surface area contributed by atoms with Crippen LogP contribution in [0, 0.1) is 0 Å². The third-order valence-electron chi connectivity index (χ3n) is 2.88. The molecule has 5 nitrogen and oxygen atoms in total. The second kappa shape index (κ2) is 6.99. The van der Waals surface area contributed by atoms with Crippen molar-refractivity contribution in [3.05, 3.63) is 48.4 Å². The van der Waals surface area contributed by atoms with E-state index in [2.05, 4.69) is 10.6 Å². The van der Waals surface area contributed by atoms with Gasteiger partial charge >= 0.3 is 0 Å². The van der Waals surface area contributed by atoms with Crippen molar-refractivity contribution in [2.45, 2.75) is 17.9 Å². The molecule has 0 aliphatic rings. The standard InChI is InChI=1S/C15H16N2O3S/c1-10(16-15(19)11-7-8-20-9-11)14(18)17-12-3-5-13(21-2)6-4-12/h3-10H,1-2H3,(H,16,19)(H,17,18)/t10-/m1/s1. The summed E-state index contributed by atoms with van der Waals surface area (Å²) in [5, 5.41) is 5.37. The number of carbonyl (C=O) groups is 2. The van der Waals surface area contributed by atoms with Gasteiger partial charge in [0.25, 0.3) is 5.91 Å². The number of amides is 2. The molecule has 2 amide bonds. The monoisotopic (exact) mass is 304 g/mol. The largest absolute Gasteiger partial charge is 0.472 e. The summed E-state index contributed by atoms with van der Waals surface area (Å²) >= 11 is 1.63. The summed E-state index contributed by atoms with van der Waals surface area (Å²) in [5.74, 6) is -0.618. The van der Waals surface area contributed by atoms with Crippen LogP contribution in [0.1, 0.15) is 17.3 Å². The Morgan fingerprint density at radius 2 is 1.90 bits per heavy atom. The van der Waals surface area contributed by atoms with Gasteiger partial charge in [-0.2, -0.15) is 0 Å². The summed E-state index contributed by atoms with van der Waals surface area (Å²) in [4.78, 5) is 24.9. The molecule has 2 N–H and O–H groups in total. The molecule has 1 aromatic heterocycles. The Morgan fingerprint density at radius 3 is 2.48 bits per heavy atom. The Kier molecular flexibility index (Phi) is 5.05. The van der Waals surface area contributed by atoms with E-state index in [4.69, 9.17) is 4.42 Å². The lowest BCUT2D eigenvalue weighted by atomic mass is 10.2. The van der Waals surface area contributed by atoms with Crippen LogP contribution in [0.3, 0.4) is 0 Å². The van der Waals surface area contributed by atoms with Crippen molar-refractivity contribution in [2.75, 3.05) is 11.6 Å². The summed E-state index contributed by atoms with van der Waals surface area (Å²) in [5.41, 5.74) is 1.08. The van der Waals surface area contributed by atoms with Crippen LogP contribution in [0.5, 0.6) is 0 Å². The van der Waals surface area contributed by atoms with Crippen molar-refractivity contribution in [1.82, 2.24) is 5.32 Å². The smallest absolute Gasteiger partial charge is 0.255 e. The molecule has 1 heterocycles. The lowest BCUT2D eigenvalue weighted by molar-refractivity contribution is -0.117.